The van der Waals surface area contributed by atoms with E-state index in [1.54, 1.807) is 0 Å². The Labute approximate surface area is 118 Å². The molecule has 0 aliphatic carbocycles. The fraction of sp³-hybridized carbons (Fsp3) is 0.500. The lowest BCUT2D eigenvalue weighted by Crippen LogP contribution is -2.34. The molecule has 2 heterocycles. The Bertz CT molecular complexity index is 565. The zero-order valence-corrected chi connectivity index (χ0v) is 12.0. The van der Waals surface area contributed by atoms with Crippen molar-refractivity contribution in [3.05, 3.63) is 30.2 Å². The normalized spacial score (nSPS) is 12.5. The lowest BCUT2D eigenvalue weighted by atomic mass is 10.2. The lowest BCUT2D eigenvalue weighted by Gasteiger charge is -2.11. The van der Waals surface area contributed by atoms with Gasteiger partial charge in [-0.05, 0) is 25.6 Å². The number of rotatable bonds is 7. The SMILES string of the molecule is CCNC(C)CC(=O)NCCc1nnc2ccccn12. The summed E-state index contributed by atoms with van der Waals surface area (Å²) in [6.45, 7) is 5.49. The second-order valence-electron chi connectivity index (χ2n) is 4.81. The summed E-state index contributed by atoms with van der Waals surface area (Å²) in [5.41, 5.74) is 0.828. The van der Waals surface area contributed by atoms with Gasteiger partial charge in [0.15, 0.2) is 5.65 Å². The first kappa shape index (κ1) is 14.5. The molecule has 0 fully saturated rings. The topological polar surface area (TPSA) is 71.3 Å². The van der Waals surface area contributed by atoms with Crippen molar-refractivity contribution in [1.29, 1.82) is 0 Å². The molecule has 2 aromatic rings. The highest BCUT2D eigenvalue weighted by molar-refractivity contribution is 5.76. The molecule has 0 aliphatic rings. The molecule has 2 N–H and O–H groups in total. The molecule has 1 unspecified atom stereocenters. The van der Waals surface area contributed by atoms with E-state index in [-0.39, 0.29) is 11.9 Å². The second-order valence-corrected chi connectivity index (χ2v) is 4.81. The average Bonchev–Trinajstić information content (AvgIpc) is 2.82. The van der Waals surface area contributed by atoms with Crippen molar-refractivity contribution in [2.24, 2.45) is 0 Å². The Kier molecular flexibility index (Phi) is 5.06. The molecule has 6 nitrogen and oxygen atoms in total. The molecule has 0 bridgehead atoms. The van der Waals surface area contributed by atoms with Gasteiger partial charge in [-0.15, -0.1) is 10.2 Å². The number of carbonyl (C=O) groups is 1. The standard InChI is InChI=1S/C14H21N5O/c1-3-15-11(2)10-14(20)16-8-7-13-18-17-12-6-4-5-9-19(12)13/h4-6,9,11,15H,3,7-8,10H2,1-2H3,(H,16,20). The Hall–Kier alpha value is -1.95. The van der Waals surface area contributed by atoms with Gasteiger partial charge >= 0.3 is 0 Å². The van der Waals surface area contributed by atoms with Crippen molar-refractivity contribution in [3.63, 3.8) is 0 Å². The van der Waals surface area contributed by atoms with Crippen molar-refractivity contribution >= 4 is 11.6 Å². The largest absolute Gasteiger partial charge is 0.356 e. The van der Waals surface area contributed by atoms with E-state index in [1.165, 1.54) is 0 Å². The van der Waals surface area contributed by atoms with Gasteiger partial charge in [-0.3, -0.25) is 9.20 Å². The van der Waals surface area contributed by atoms with Crippen LogP contribution in [-0.4, -0.2) is 39.6 Å². The van der Waals surface area contributed by atoms with E-state index in [0.29, 0.717) is 19.4 Å². The van der Waals surface area contributed by atoms with Gasteiger partial charge in [0, 0.05) is 31.6 Å². The van der Waals surface area contributed by atoms with Crippen LogP contribution >= 0.6 is 0 Å². The van der Waals surface area contributed by atoms with Crippen LogP contribution in [0.15, 0.2) is 24.4 Å². The van der Waals surface area contributed by atoms with Crippen molar-refractivity contribution in [3.8, 4) is 0 Å². The molecule has 0 aromatic carbocycles. The van der Waals surface area contributed by atoms with Gasteiger partial charge < -0.3 is 10.6 Å². The van der Waals surface area contributed by atoms with Gasteiger partial charge in [0.25, 0.3) is 0 Å². The summed E-state index contributed by atoms with van der Waals surface area (Å²) in [7, 11) is 0. The molecule has 0 aliphatic heterocycles. The third-order valence-corrected chi connectivity index (χ3v) is 3.10. The van der Waals surface area contributed by atoms with Crippen LogP contribution in [0.3, 0.4) is 0 Å². The molecule has 0 saturated carbocycles. The fourth-order valence-corrected chi connectivity index (χ4v) is 2.15. The van der Waals surface area contributed by atoms with Crippen molar-refractivity contribution < 1.29 is 4.79 Å². The summed E-state index contributed by atoms with van der Waals surface area (Å²) in [5.74, 6) is 0.924. The number of hydrogen-bond acceptors (Lipinski definition) is 4. The predicted molar refractivity (Wildman–Crippen MR) is 77.5 cm³/mol. The number of amides is 1. The molecule has 2 rings (SSSR count). The van der Waals surface area contributed by atoms with Gasteiger partial charge in [-0.2, -0.15) is 0 Å². The molecule has 20 heavy (non-hydrogen) atoms. The van der Waals surface area contributed by atoms with Crippen LogP contribution in [0.4, 0.5) is 0 Å². The Balaban J connectivity index is 1.80. The second kappa shape index (κ2) is 7.00. The number of hydrogen-bond donors (Lipinski definition) is 2. The van der Waals surface area contributed by atoms with E-state index >= 15 is 0 Å². The van der Waals surface area contributed by atoms with Gasteiger partial charge in [0.1, 0.15) is 5.82 Å². The Morgan fingerprint density at radius 3 is 3.05 bits per heavy atom. The maximum atomic E-state index is 11.7. The zero-order valence-electron chi connectivity index (χ0n) is 12.0. The van der Waals surface area contributed by atoms with Crippen molar-refractivity contribution in [2.75, 3.05) is 13.1 Å². The van der Waals surface area contributed by atoms with E-state index in [0.717, 1.165) is 18.0 Å². The predicted octanol–water partition coefficient (Wildman–Crippen LogP) is 0.776. The molecule has 1 atom stereocenters. The number of fused-ring (bicyclic) bond motifs is 1. The summed E-state index contributed by atoms with van der Waals surface area (Å²) in [6.07, 6.45) is 3.10. The number of carbonyl (C=O) groups excluding carboxylic acids is 1. The monoisotopic (exact) mass is 275 g/mol. The van der Waals surface area contributed by atoms with Crippen LogP contribution in [0.5, 0.6) is 0 Å². The summed E-state index contributed by atoms with van der Waals surface area (Å²) in [6, 6.07) is 5.98. The minimum atomic E-state index is 0.0623. The van der Waals surface area contributed by atoms with Gasteiger partial charge in [-0.1, -0.05) is 13.0 Å². The molecule has 0 radical (unpaired) electrons. The number of pyridine rings is 1. The van der Waals surface area contributed by atoms with Gasteiger partial charge in [0.2, 0.25) is 5.91 Å². The Morgan fingerprint density at radius 1 is 1.40 bits per heavy atom. The highest BCUT2D eigenvalue weighted by Crippen LogP contribution is 2.02. The van der Waals surface area contributed by atoms with E-state index in [1.807, 2.05) is 42.6 Å². The van der Waals surface area contributed by atoms with Crippen LogP contribution in [-0.2, 0) is 11.2 Å². The highest BCUT2D eigenvalue weighted by Gasteiger charge is 2.08. The number of nitrogens with one attached hydrogen (secondary N) is 2. The van der Waals surface area contributed by atoms with Crippen LogP contribution in [0.25, 0.3) is 5.65 Å². The third-order valence-electron chi connectivity index (χ3n) is 3.10. The minimum absolute atomic E-state index is 0.0623. The smallest absolute Gasteiger partial charge is 0.221 e. The van der Waals surface area contributed by atoms with E-state index in [4.69, 9.17) is 0 Å². The van der Waals surface area contributed by atoms with E-state index in [2.05, 4.69) is 20.8 Å². The molecule has 108 valence electrons. The van der Waals surface area contributed by atoms with Gasteiger partial charge in [0.05, 0.1) is 0 Å². The first-order valence-electron chi connectivity index (χ1n) is 6.99. The minimum Gasteiger partial charge on any atom is -0.356 e. The first-order chi connectivity index (χ1) is 9.70. The molecular formula is C14H21N5O. The first-order valence-corrected chi connectivity index (χ1v) is 6.99. The lowest BCUT2D eigenvalue weighted by molar-refractivity contribution is -0.121. The fourth-order valence-electron chi connectivity index (χ4n) is 2.15. The maximum Gasteiger partial charge on any atom is 0.221 e. The number of nitrogens with zero attached hydrogens (tertiary/aromatic N) is 3. The van der Waals surface area contributed by atoms with Crippen molar-refractivity contribution in [2.45, 2.75) is 32.7 Å². The van der Waals surface area contributed by atoms with Crippen molar-refractivity contribution in [1.82, 2.24) is 25.2 Å². The highest BCUT2D eigenvalue weighted by atomic mass is 16.1. The molecular weight excluding hydrogens is 254 g/mol. The molecule has 1 amide bonds. The van der Waals surface area contributed by atoms with Crippen LogP contribution in [0.1, 0.15) is 26.1 Å². The maximum absolute atomic E-state index is 11.7. The molecule has 2 aromatic heterocycles. The van der Waals surface area contributed by atoms with Gasteiger partial charge in [-0.25, -0.2) is 0 Å². The average molecular weight is 275 g/mol. The third kappa shape index (κ3) is 3.77. The molecule has 0 saturated heterocycles. The summed E-state index contributed by atoms with van der Waals surface area (Å²) in [5, 5.41) is 14.3. The Morgan fingerprint density at radius 2 is 2.25 bits per heavy atom. The quantitative estimate of drug-likeness (QED) is 0.783. The van der Waals surface area contributed by atoms with Crippen LogP contribution in [0, 0.1) is 0 Å². The van der Waals surface area contributed by atoms with Crippen LogP contribution in [0.2, 0.25) is 0 Å². The van der Waals surface area contributed by atoms with E-state index < -0.39 is 0 Å². The summed E-state index contributed by atoms with van der Waals surface area (Å²) < 4.78 is 1.94. The van der Waals surface area contributed by atoms with Crippen LogP contribution < -0.4 is 10.6 Å². The summed E-state index contributed by atoms with van der Waals surface area (Å²) in [4.78, 5) is 11.7. The zero-order chi connectivity index (χ0) is 14.4. The molecule has 6 heteroatoms. The summed E-state index contributed by atoms with van der Waals surface area (Å²) >= 11 is 0. The molecule has 0 spiro atoms. The number of aromatic nitrogens is 3. The van der Waals surface area contributed by atoms with E-state index in [9.17, 15) is 4.79 Å².